The topological polar surface area (TPSA) is 80.9 Å². The van der Waals surface area contributed by atoms with E-state index in [0.29, 0.717) is 4.47 Å². The molecule has 1 aromatic carbocycles. The molecular weight excluding hydrogens is 311 g/mol. The minimum Gasteiger partial charge on any atom is -0.374 e. The molecule has 0 radical (unpaired) electrons. The first-order valence-electron chi connectivity index (χ1n) is 4.41. The fourth-order valence-corrected chi connectivity index (χ4v) is 1.96. The Morgan fingerprint density at radius 3 is 2.88 bits per heavy atom. The molecule has 2 rings (SSSR count). The zero-order valence-electron chi connectivity index (χ0n) is 8.28. The number of nitrogens with zero attached hydrogens (tertiary/aromatic N) is 2. The molecule has 1 heterocycles. The normalized spacial score (nSPS) is 10.2. The maximum Gasteiger partial charge on any atom is 0.286 e. The van der Waals surface area contributed by atoms with Crippen LogP contribution in [-0.2, 0) is 0 Å². The summed E-state index contributed by atoms with van der Waals surface area (Å²) in [5.41, 5.74) is 5.41. The van der Waals surface area contributed by atoms with Crippen LogP contribution in [0.4, 0.5) is 15.2 Å². The van der Waals surface area contributed by atoms with Gasteiger partial charge in [0, 0.05) is 4.47 Å². The third kappa shape index (κ3) is 2.77. The van der Waals surface area contributed by atoms with Crippen molar-refractivity contribution in [3.63, 3.8) is 0 Å². The standard InChI is InChI=1S/C9H6BrFN4OS/c10-4-1-2-5(11)6(3-4)13-7(16)8-14-15-9(12)17-8/h1-3H,(H2,12,15)(H,13,16). The monoisotopic (exact) mass is 316 g/mol. The maximum absolute atomic E-state index is 13.4. The average Bonchev–Trinajstić information content (AvgIpc) is 2.70. The first kappa shape index (κ1) is 11.9. The van der Waals surface area contributed by atoms with Crippen LogP contribution in [0.3, 0.4) is 0 Å². The molecule has 2 aromatic rings. The van der Waals surface area contributed by atoms with E-state index in [-0.39, 0.29) is 15.8 Å². The number of carbonyl (C=O) groups is 1. The SMILES string of the molecule is Nc1nnc(C(=O)Nc2cc(Br)ccc2F)s1. The van der Waals surface area contributed by atoms with Crippen LogP contribution in [0.1, 0.15) is 9.80 Å². The van der Waals surface area contributed by atoms with Crippen molar-refractivity contribution in [2.45, 2.75) is 0 Å². The van der Waals surface area contributed by atoms with E-state index in [1.807, 2.05) is 0 Å². The Morgan fingerprint density at radius 1 is 1.47 bits per heavy atom. The Bertz CT molecular complexity index is 574. The van der Waals surface area contributed by atoms with Gasteiger partial charge in [0.1, 0.15) is 5.82 Å². The summed E-state index contributed by atoms with van der Waals surface area (Å²) < 4.78 is 14.0. The number of nitrogens with one attached hydrogen (secondary N) is 1. The Labute approximate surface area is 108 Å². The van der Waals surface area contributed by atoms with E-state index in [2.05, 4.69) is 31.4 Å². The van der Waals surface area contributed by atoms with Crippen molar-refractivity contribution >= 4 is 44.0 Å². The van der Waals surface area contributed by atoms with Gasteiger partial charge in [-0.1, -0.05) is 27.3 Å². The number of halogens is 2. The second kappa shape index (κ2) is 4.76. The van der Waals surface area contributed by atoms with E-state index in [1.54, 1.807) is 0 Å². The van der Waals surface area contributed by atoms with Crippen LogP contribution in [0.2, 0.25) is 0 Å². The average molecular weight is 317 g/mol. The van der Waals surface area contributed by atoms with Crippen LogP contribution < -0.4 is 11.1 Å². The first-order valence-corrected chi connectivity index (χ1v) is 6.02. The maximum atomic E-state index is 13.4. The van der Waals surface area contributed by atoms with Crippen molar-refractivity contribution in [2.75, 3.05) is 11.1 Å². The van der Waals surface area contributed by atoms with Crippen molar-refractivity contribution in [2.24, 2.45) is 0 Å². The molecule has 3 N–H and O–H groups in total. The van der Waals surface area contributed by atoms with Crippen LogP contribution in [0.5, 0.6) is 0 Å². The second-order valence-corrected chi connectivity index (χ2v) is 4.95. The number of hydrogen-bond donors (Lipinski definition) is 2. The van der Waals surface area contributed by atoms with Crippen molar-refractivity contribution < 1.29 is 9.18 Å². The quantitative estimate of drug-likeness (QED) is 0.890. The van der Waals surface area contributed by atoms with Gasteiger partial charge in [0.2, 0.25) is 10.1 Å². The minimum absolute atomic E-state index is 0.0677. The fourth-order valence-electron chi connectivity index (χ4n) is 1.10. The van der Waals surface area contributed by atoms with Gasteiger partial charge < -0.3 is 11.1 Å². The van der Waals surface area contributed by atoms with Gasteiger partial charge in [0.25, 0.3) is 5.91 Å². The molecule has 0 fully saturated rings. The largest absolute Gasteiger partial charge is 0.374 e. The number of aromatic nitrogens is 2. The van der Waals surface area contributed by atoms with Gasteiger partial charge >= 0.3 is 0 Å². The molecule has 0 unspecified atom stereocenters. The minimum atomic E-state index is -0.545. The smallest absolute Gasteiger partial charge is 0.286 e. The molecule has 0 atom stereocenters. The van der Waals surface area contributed by atoms with Crippen molar-refractivity contribution in [3.8, 4) is 0 Å². The van der Waals surface area contributed by atoms with Crippen LogP contribution in [0.25, 0.3) is 0 Å². The second-order valence-electron chi connectivity index (χ2n) is 3.02. The Balaban J connectivity index is 2.21. The van der Waals surface area contributed by atoms with E-state index in [0.717, 1.165) is 11.3 Å². The van der Waals surface area contributed by atoms with Gasteiger partial charge in [0.15, 0.2) is 0 Å². The number of carbonyl (C=O) groups excluding carboxylic acids is 1. The highest BCUT2D eigenvalue weighted by atomic mass is 79.9. The number of anilines is 2. The molecule has 0 saturated heterocycles. The molecule has 0 spiro atoms. The number of amides is 1. The number of benzene rings is 1. The van der Waals surface area contributed by atoms with Gasteiger partial charge in [-0.15, -0.1) is 10.2 Å². The number of nitrogens with two attached hydrogens (primary N) is 1. The molecular formula is C9H6BrFN4OS. The zero-order chi connectivity index (χ0) is 12.4. The summed E-state index contributed by atoms with van der Waals surface area (Å²) in [7, 11) is 0. The molecule has 0 bridgehead atoms. The number of nitrogen functional groups attached to an aromatic ring is 1. The third-order valence-corrected chi connectivity index (χ3v) is 3.06. The molecule has 1 aromatic heterocycles. The predicted octanol–water partition coefficient (Wildman–Crippen LogP) is 2.27. The first-order chi connectivity index (χ1) is 8.06. The lowest BCUT2D eigenvalue weighted by Gasteiger charge is -2.04. The van der Waals surface area contributed by atoms with E-state index < -0.39 is 11.7 Å². The van der Waals surface area contributed by atoms with Crippen molar-refractivity contribution in [1.82, 2.24) is 10.2 Å². The molecule has 8 heteroatoms. The molecule has 0 saturated carbocycles. The summed E-state index contributed by atoms with van der Waals surface area (Å²) >= 11 is 4.12. The lowest BCUT2D eigenvalue weighted by molar-refractivity contribution is 0.102. The number of hydrogen-bond acceptors (Lipinski definition) is 5. The predicted molar refractivity (Wildman–Crippen MR) is 66.4 cm³/mol. The summed E-state index contributed by atoms with van der Waals surface area (Å²) in [6, 6.07) is 4.24. The molecule has 17 heavy (non-hydrogen) atoms. The Hall–Kier alpha value is -1.54. The van der Waals surface area contributed by atoms with Crippen LogP contribution in [-0.4, -0.2) is 16.1 Å². The van der Waals surface area contributed by atoms with Gasteiger partial charge in [0.05, 0.1) is 5.69 Å². The summed E-state index contributed by atoms with van der Waals surface area (Å²) in [4.78, 5) is 11.7. The number of rotatable bonds is 2. The lowest BCUT2D eigenvalue weighted by Crippen LogP contribution is -2.12. The molecule has 0 aliphatic rings. The van der Waals surface area contributed by atoms with E-state index >= 15 is 0 Å². The van der Waals surface area contributed by atoms with Gasteiger partial charge in [-0.3, -0.25) is 4.79 Å². The Kier molecular flexibility index (Phi) is 3.34. The third-order valence-electron chi connectivity index (χ3n) is 1.81. The summed E-state index contributed by atoms with van der Waals surface area (Å²) in [5.74, 6) is -1.07. The van der Waals surface area contributed by atoms with Crippen molar-refractivity contribution in [1.29, 1.82) is 0 Å². The molecule has 0 aliphatic carbocycles. The van der Waals surface area contributed by atoms with E-state index in [4.69, 9.17) is 5.73 Å². The van der Waals surface area contributed by atoms with E-state index in [9.17, 15) is 9.18 Å². The zero-order valence-corrected chi connectivity index (χ0v) is 10.7. The van der Waals surface area contributed by atoms with Crippen LogP contribution in [0.15, 0.2) is 22.7 Å². The lowest BCUT2D eigenvalue weighted by atomic mass is 10.3. The van der Waals surface area contributed by atoms with Gasteiger partial charge in [-0.2, -0.15) is 0 Å². The summed E-state index contributed by atoms with van der Waals surface area (Å²) in [5, 5.41) is 9.72. The summed E-state index contributed by atoms with van der Waals surface area (Å²) in [6.45, 7) is 0. The Morgan fingerprint density at radius 2 is 2.24 bits per heavy atom. The molecule has 0 aliphatic heterocycles. The van der Waals surface area contributed by atoms with Crippen LogP contribution >= 0.6 is 27.3 Å². The highest BCUT2D eigenvalue weighted by Crippen LogP contribution is 2.21. The summed E-state index contributed by atoms with van der Waals surface area (Å²) in [6.07, 6.45) is 0. The highest BCUT2D eigenvalue weighted by Gasteiger charge is 2.13. The molecule has 5 nitrogen and oxygen atoms in total. The molecule has 1 amide bonds. The fraction of sp³-hybridized carbons (Fsp3) is 0. The van der Waals surface area contributed by atoms with Crippen molar-refractivity contribution in [3.05, 3.63) is 33.5 Å². The highest BCUT2D eigenvalue weighted by molar-refractivity contribution is 9.10. The van der Waals surface area contributed by atoms with Gasteiger partial charge in [-0.05, 0) is 18.2 Å². The molecule has 88 valence electrons. The van der Waals surface area contributed by atoms with Crippen LogP contribution in [0, 0.1) is 5.82 Å². The van der Waals surface area contributed by atoms with Gasteiger partial charge in [-0.25, -0.2) is 4.39 Å². The van der Waals surface area contributed by atoms with E-state index in [1.165, 1.54) is 18.2 Å².